The number of thiocarbonyl (C=S) groups is 1. The molecule has 0 fully saturated rings. The number of rotatable bonds is 8. The minimum atomic E-state index is -0.339. The molecule has 2 aromatic carbocycles. The molecule has 154 valence electrons. The molecular formula is C22H26N2O4S. The first-order chi connectivity index (χ1) is 13.9. The number of methoxy groups -OCH3 is 2. The highest BCUT2D eigenvalue weighted by Gasteiger charge is 2.05. The van der Waals surface area contributed by atoms with E-state index in [2.05, 4.69) is 17.6 Å². The van der Waals surface area contributed by atoms with Crippen molar-refractivity contribution in [3.8, 4) is 17.2 Å². The highest BCUT2D eigenvalue weighted by atomic mass is 32.1. The number of carbonyl (C=O) groups is 1. The van der Waals surface area contributed by atoms with Crippen molar-refractivity contribution in [2.45, 2.75) is 26.4 Å². The lowest BCUT2D eigenvalue weighted by atomic mass is 10.2. The van der Waals surface area contributed by atoms with E-state index < -0.39 is 0 Å². The Hall–Kier alpha value is -3.06. The van der Waals surface area contributed by atoms with Crippen molar-refractivity contribution >= 4 is 35.0 Å². The normalized spacial score (nSPS) is 11.6. The molecular weight excluding hydrogens is 388 g/mol. The van der Waals surface area contributed by atoms with Gasteiger partial charge in [0, 0.05) is 11.8 Å². The summed E-state index contributed by atoms with van der Waals surface area (Å²) < 4.78 is 16.2. The molecule has 2 rings (SSSR count). The fourth-order valence-corrected chi connectivity index (χ4v) is 2.60. The van der Waals surface area contributed by atoms with E-state index in [1.54, 1.807) is 32.4 Å². The predicted molar refractivity (Wildman–Crippen MR) is 120 cm³/mol. The Kier molecular flexibility index (Phi) is 8.48. The van der Waals surface area contributed by atoms with Crippen LogP contribution in [0, 0.1) is 0 Å². The van der Waals surface area contributed by atoms with Crippen molar-refractivity contribution in [2.75, 3.05) is 19.5 Å². The third kappa shape index (κ3) is 7.12. The van der Waals surface area contributed by atoms with Gasteiger partial charge in [-0.2, -0.15) is 0 Å². The molecule has 0 aromatic heterocycles. The van der Waals surface area contributed by atoms with Crippen LogP contribution in [0.5, 0.6) is 17.2 Å². The van der Waals surface area contributed by atoms with Crippen LogP contribution < -0.4 is 24.8 Å². The fraction of sp³-hybridized carbons (Fsp3) is 0.273. The highest BCUT2D eigenvalue weighted by Crippen LogP contribution is 2.27. The van der Waals surface area contributed by atoms with Crippen molar-refractivity contribution in [1.29, 1.82) is 0 Å². The molecule has 2 aromatic rings. The van der Waals surface area contributed by atoms with Crippen LogP contribution in [0.4, 0.5) is 5.69 Å². The average Bonchev–Trinajstić information content (AvgIpc) is 2.73. The molecule has 6 nitrogen and oxygen atoms in total. The molecule has 0 radical (unpaired) electrons. The molecule has 2 N–H and O–H groups in total. The zero-order valence-corrected chi connectivity index (χ0v) is 17.8. The Balaban J connectivity index is 1.89. The first-order valence-corrected chi connectivity index (χ1v) is 9.64. The highest BCUT2D eigenvalue weighted by molar-refractivity contribution is 7.80. The number of amides is 1. The van der Waals surface area contributed by atoms with Gasteiger partial charge >= 0.3 is 0 Å². The molecule has 0 saturated heterocycles. The van der Waals surface area contributed by atoms with Gasteiger partial charge in [0.05, 0.1) is 20.3 Å². The second kappa shape index (κ2) is 11.1. The Labute approximate surface area is 176 Å². The lowest BCUT2D eigenvalue weighted by Gasteiger charge is -2.13. The van der Waals surface area contributed by atoms with E-state index in [0.717, 1.165) is 23.4 Å². The monoisotopic (exact) mass is 414 g/mol. The maximum atomic E-state index is 12.1. The maximum absolute atomic E-state index is 12.1. The van der Waals surface area contributed by atoms with Gasteiger partial charge in [0.2, 0.25) is 5.91 Å². The van der Waals surface area contributed by atoms with Crippen molar-refractivity contribution in [3.63, 3.8) is 0 Å². The SMILES string of the molecule is CCC(C)Oc1ccc(NC(=S)NC(=O)/C=C/c2ccc(OC)c(OC)c2)cc1. The molecule has 0 aliphatic heterocycles. The number of ether oxygens (including phenoxy) is 3. The van der Waals surface area contributed by atoms with Gasteiger partial charge in [-0.25, -0.2) is 0 Å². The van der Waals surface area contributed by atoms with E-state index in [9.17, 15) is 4.79 Å². The van der Waals surface area contributed by atoms with Gasteiger partial charge in [-0.15, -0.1) is 0 Å². The van der Waals surface area contributed by atoms with Crippen LogP contribution in [0.15, 0.2) is 48.5 Å². The van der Waals surface area contributed by atoms with E-state index in [1.807, 2.05) is 37.3 Å². The van der Waals surface area contributed by atoms with Crippen LogP contribution in [-0.4, -0.2) is 31.3 Å². The number of hydrogen-bond donors (Lipinski definition) is 2. The third-order valence-corrected chi connectivity index (χ3v) is 4.30. The van der Waals surface area contributed by atoms with Gasteiger partial charge in [0.1, 0.15) is 5.75 Å². The minimum Gasteiger partial charge on any atom is -0.493 e. The van der Waals surface area contributed by atoms with Crippen LogP contribution in [0.3, 0.4) is 0 Å². The van der Waals surface area contributed by atoms with Gasteiger partial charge in [-0.1, -0.05) is 13.0 Å². The van der Waals surface area contributed by atoms with Crippen LogP contribution in [0.25, 0.3) is 6.08 Å². The zero-order chi connectivity index (χ0) is 21.2. The summed E-state index contributed by atoms with van der Waals surface area (Å²) >= 11 is 5.19. The minimum absolute atomic E-state index is 0.159. The second-order valence-electron chi connectivity index (χ2n) is 6.25. The number of anilines is 1. The Bertz CT molecular complexity index is 866. The quantitative estimate of drug-likeness (QED) is 0.493. The lowest BCUT2D eigenvalue weighted by molar-refractivity contribution is -0.115. The smallest absolute Gasteiger partial charge is 0.250 e. The van der Waals surface area contributed by atoms with Gasteiger partial charge in [0.25, 0.3) is 0 Å². The summed E-state index contributed by atoms with van der Waals surface area (Å²) in [5.74, 6) is 1.67. The standard InChI is InChI=1S/C22H26N2O4S/c1-5-15(2)28-18-10-8-17(9-11-18)23-22(29)24-21(25)13-7-16-6-12-19(26-3)20(14-16)27-4/h6-15H,5H2,1-4H3,(H2,23,24,25,29)/b13-7+. The van der Waals surface area contributed by atoms with Crippen LogP contribution >= 0.6 is 12.2 Å². The van der Waals surface area contributed by atoms with Gasteiger partial charge < -0.3 is 19.5 Å². The second-order valence-corrected chi connectivity index (χ2v) is 6.66. The molecule has 0 heterocycles. The first-order valence-electron chi connectivity index (χ1n) is 9.24. The van der Waals surface area contributed by atoms with Gasteiger partial charge in [-0.3, -0.25) is 10.1 Å². The summed E-state index contributed by atoms with van der Waals surface area (Å²) in [7, 11) is 3.13. The summed E-state index contributed by atoms with van der Waals surface area (Å²) in [5, 5.41) is 5.80. The summed E-state index contributed by atoms with van der Waals surface area (Å²) in [5.41, 5.74) is 1.56. The zero-order valence-electron chi connectivity index (χ0n) is 17.0. The first kappa shape index (κ1) is 22.2. The molecule has 1 unspecified atom stereocenters. The van der Waals surface area contributed by atoms with Crippen LogP contribution in [0.1, 0.15) is 25.8 Å². The van der Waals surface area contributed by atoms with Crippen molar-refractivity contribution in [3.05, 3.63) is 54.1 Å². The summed E-state index contributed by atoms with van der Waals surface area (Å²) in [6.07, 6.45) is 4.17. The molecule has 0 saturated carbocycles. The predicted octanol–water partition coefficient (Wildman–Crippen LogP) is 4.41. The summed E-state index contributed by atoms with van der Waals surface area (Å²) in [6.45, 7) is 4.09. The maximum Gasteiger partial charge on any atom is 0.250 e. The van der Waals surface area contributed by atoms with E-state index in [0.29, 0.717) is 11.5 Å². The average molecular weight is 415 g/mol. The van der Waals surface area contributed by atoms with Gasteiger partial charge in [-0.05, 0) is 73.6 Å². The molecule has 1 amide bonds. The van der Waals surface area contributed by atoms with E-state index in [-0.39, 0.29) is 17.1 Å². The van der Waals surface area contributed by atoms with Crippen LogP contribution in [0.2, 0.25) is 0 Å². The Morgan fingerprint density at radius 1 is 1.10 bits per heavy atom. The van der Waals surface area contributed by atoms with Crippen LogP contribution in [-0.2, 0) is 4.79 Å². The van der Waals surface area contributed by atoms with Crippen molar-refractivity contribution in [2.24, 2.45) is 0 Å². The Morgan fingerprint density at radius 3 is 2.41 bits per heavy atom. The van der Waals surface area contributed by atoms with Gasteiger partial charge in [0.15, 0.2) is 16.6 Å². The third-order valence-electron chi connectivity index (χ3n) is 4.10. The molecule has 0 spiro atoms. The van der Waals surface area contributed by atoms with E-state index in [4.69, 9.17) is 26.4 Å². The summed E-state index contributed by atoms with van der Waals surface area (Å²) in [6, 6.07) is 12.8. The van der Waals surface area contributed by atoms with Crippen molar-refractivity contribution in [1.82, 2.24) is 5.32 Å². The molecule has 7 heteroatoms. The topological polar surface area (TPSA) is 68.8 Å². The molecule has 29 heavy (non-hydrogen) atoms. The summed E-state index contributed by atoms with van der Waals surface area (Å²) in [4.78, 5) is 12.1. The number of hydrogen-bond acceptors (Lipinski definition) is 5. The molecule has 1 atom stereocenters. The van der Waals surface area contributed by atoms with E-state index >= 15 is 0 Å². The lowest BCUT2D eigenvalue weighted by Crippen LogP contribution is -2.32. The number of nitrogens with one attached hydrogen (secondary N) is 2. The fourth-order valence-electron chi connectivity index (χ4n) is 2.38. The molecule has 0 bridgehead atoms. The van der Waals surface area contributed by atoms with E-state index in [1.165, 1.54) is 6.08 Å². The number of benzene rings is 2. The Morgan fingerprint density at radius 2 is 1.79 bits per heavy atom. The van der Waals surface area contributed by atoms with Crippen molar-refractivity contribution < 1.29 is 19.0 Å². The largest absolute Gasteiger partial charge is 0.493 e. The number of carbonyl (C=O) groups excluding carboxylic acids is 1. The molecule has 0 aliphatic rings. The molecule has 0 aliphatic carbocycles.